The van der Waals surface area contributed by atoms with E-state index in [1.165, 1.54) is 0 Å². The molecule has 5 nitrogen and oxygen atoms in total. The Balaban J connectivity index is 1.97. The smallest absolute Gasteiger partial charge is 0.338 e. The first-order chi connectivity index (χ1) is 9.63. The lowest BCUT2D eigenvalue weighted by molar-refractivity contribution is -0.140. The van der Waals surface area contributed by atoms with Gasteiger partial charge < -0.3 is 19.3 Å². The van der Waals surface area contributed by atoms with Crippen LogP contribution in [0.15, 0.2) is 24.3 Å². The van der Waals surface area contributed by atoms with Gasteiger partial charge in [-0.3, -0.25) is 0 Å². The van der Waals surface area contributed by atoms with E-state index in [9.17, 15) is 9.90 Å². The fraction of sp³-hybridized carbons (Fsp3) is 0.533. The molecular formula is C15H20O5. The lowest BCUT2D eigenvalue weighted by Crippen LogP contribution is -2.30. The summed E-state index contributed by atoms with van der Waals surface area (Å²) in [5.41, 5.74) is 1.57. The molecule has 1 aromatic rings. The molecule has 20 heavy (non-hydrogen) atoms. The molecule has 5 heteroatoms. The van der Waals surface area contributed by atoms with E-state index in [-0.39, 0.29) is 6.61 Å². The van der Waals surface area contributed by atoms with E-state index in [4.69, 9.17) is 14.2 Å². The predicted octanol–water partition coefficient (Wildman–Crippen LogP) is 1.66. The monoisotopic (exact) mass is 280 g/mol. The number of rotatable bonds is 5. The van der Waals surface area contributed by atoms with Crippen LogP contribution in [0.5, 0.6) is 0 Å². The third-order valence-corrected chi connectivity index (χ3v) is 3.24. The summed E-state index contributed by atoms with van der Waals surface area (Å²) in [5.74, 6) is -0.408. The Labute approximate surface area is 118 Å². The Hall–Kier alpha value is -1.43. The Morgan fingerprint density at radius 1 is 1.40 bits per heavy atom. The molecule has 0 saturated carbocycles. The van der Waals surface area contributed by atoms with Gasteiger partial charge in [0.25, 0.3) is 0 Å². The van der Waals surface area contributed by atoms with Crippen molar-refractivity contribution in [2.75, 3.05) is 13.2 Å². The van der Waals surface area contributed by atoms with Gasteiger partial charge in [-0.05, 0) is 26.0 Å². The molecule has 0 spiro atoms. The van der Waals surface area contributed by atoms with Crippen molar-refractivity contribution in [3.8, 4) is 0 Å². The van der Waals surface area contributed by atoms with Crippen molar-refractivity contribution >= 4 is 5.97 Å². The SMILES string of the molecule is CCO[C@@H]1C[C@H](OC(=O)c2ccc(C)cc2)[C@@H](CO)O1. The fourth-order valence-corrected chi connectivity index (χ4v) is 2.15. The second kappa shape index (κ2) is 6.83. The second-order valence-electron chi connectivity index (χ2n) is 4.79. The van der Waals surface area contributed by atoms with Crippen LogP contribution in [-0.4, -0.2) is 42.8 Å². The van der Waals surface area contributed by atoms with E-state index in [1.807, 2.05) is 26.0 Å². The number of esters is 1. The van der Waals surface area contributed by atoms with Gasteiger partial charge in [0.05, 0.1) is 12.2 Å². The summed E-state index contributed by atoms with van der Waals surface area (Å²) in [7, 11) is 0. The van der Waals surface area contributed by atoms with Crippen LogP contribution < -0.4 is 0 Å². The van der Waals surface area contributed by atoms with Crippen LogP contribution in [0, 0.1) is 6.92 Å². The van der Waals surface area contributed by atoms with Gasteiger partial charge in [-0.15, -0.1) is 0 Å². The molecule has 1 fully saturated rings. The summed E-state index contributed by atoms with van der Waals surface area (Å²) in [6.45, 7) is 4.13. The third-order valence-electron chi connectivity index (χ3n) is 3.24. The van der Waals surface area contributed by atoms with Crippen LogP contribution in [0.3, 0.4) is 0 Å². The van der Waals surface area contributed by atoms with Crippen LogP contribution in [0.1, 0.15) is 29.3 Å². The highest BCUT2D eigenvalue weighted by atomic mass is 16.7. The molecule has 3 atom stereocenters. The van der Waals surface area contributed by atoms with E-state index in [0.29, 0.717) is 18.6 Å². The Kier molecular flexibility index (Phi) is 5.11. The maximum Gasteiger partial charge on any atom is 0.338 e. The van der Waals surface area contributed by atoms with Crippen molar-refractivity contribution < 1.29 is 24.1 Å². The molecule has 0 unspecified atom stereocenters. The lowest BCUT2D eigenvalue weighted by atomic mass is 10.1. The second-order valence-corrected chi connectivity index (χ2v) is 4.79. The van der Waals surface area contributed by atoms with Gasteiger partial charge in [-0.25, -0.2) is 4.79 Å². The average Bonchev–Trinajstić information content (AvgIpc) is 2.81. The number of ether oxygens (including phenoxy) is 3. The molecule has 0 aliphatic carbocycles. The number of hydrogen-bond donors (Lipinski definition) is 1. The Morgan fingerprint density at radius 3 is 2.70 bits per heavy atom. The fourth-order valence-electron chi connectivity index (χ4n) is 2.15. The zero-order valence-corrected chi connectivity index (χ0v) is 11.7. The van der Waals surface area contributed by atoms with E-state index in [1.54, 1.807) is 12.1 Å². The minimum atomic E-state index is -0.527. The first kappa shape index (κ1) is 15.0. The predicted molar refractivity (Wildman–Crippen MR) is 72.4 cm³/mol. The first-order valence-corrected chi connectivity index (χ1v) is 6.79. The van der Waals surface area contributed by atoms with Gasteiger partial charge in [0.15, 0.2) is 6.29 Å². The maximum absolute atomic E-state index is 12.0. The number of hydrogen-bond acceptors (Lipinski definition) is 5. The first-order valence-electron chi connectivity index (χ1n) is 6.79. The van der Waals surface area contributed by atoms with Crippen LogP contribution in [0.2, 0.25) is 0 Å². The summed E-state index contributed by atoms with van der Waals surface area (Å²) in [4.78, 5) is 12.0. The maximum atomic E-state index is 12.0. The molecule has 1 heterocycles. The third kappa shape index (κ3) is 3.56. The number of benzene rings is 1. The molecule has 1 N–H and O–H groups in total. The number of aryl methyl sites for hydroxylation is 1. The van der Waals surface area contributed by atoms with Crippen molar-refractivity contribution in [2.24, 2.45) is 0 Å². The standard InChI is InChI=1S/C15H20O5/c1-3-18-14-8-12(13(9-16)19-14)20-15(17)11-6-4-10(2)5-7-11/h4-7,12-14,16H,3,8-9H2,1-2H3/t12-,13+,14-/m0/s1. The molecule has 1 aliphatic rings. The molecule has 0 amide bonds. The summed E-state index contributed by atoms with van der Waals surface area (Å²) < 4.78 is 16.2. The summed E-state index contributed by atoms with van der Waals surface area (Å²) >= 11 is 0. The zero-order valence-electron chi connectivity index (χ0n) is 11.7. The van der Waals surface area contributed by atoms with Crippen LogP contribution in [-0.2, 0) is 14.2 Å². The summed E-state index contributed by atoms with van der Waals surface area (Å²) in [6, 6.07) is 7.16. The van der Waals surface area contributed by atoms with Gasteiger partial charge in [-0.1, -0.05) is 17.7 Å². The number of aliphatic hydroxyl groups excluding tert-OH is 1. The van der Waals surface area contributed by atoms with Crippen LogP contribution >= 0.6 is 0 Å². The van der Waals surface area contributed by atoms with Crippen molar-refractivity contribution in [1.29, 1.82) is 0 Å². The summed E-state index contributed by atoms with van der Waals surface area (Å²) in [5, 5.41) is 9.27. The van der Waals surface area contributed by atoms with E-state index < -0.39 is 24.5 Å². The molecule has 0 aromatic heterocycles. The molecule has 2 rings (SSSR count). The van der Waals surface area contributed by atoms with Gasteiger partial charge in [-0.2, -0.15) is 0 Å². The topological polar surface area (TPSA) is 65.0 Å². The van der Waals surface area contributed by atoms with Crippen LogP contribution in [0.4, 0.5) is 0 Å². The highest BCUT2D eigenvalue weighted by molar-refractivity contribution is 5.89. The Bertz CT molecular complexity index is 442. The zero-order chi connectivity index (χ0) is 14.5. The van der Waals surface area contributed by atoms with Gasteiger partial charge in [0, 0.05) is 13.0 Å². The van der Waals surface area contributed by atoms with Crippen molar-refractivity contribution in [2.45, 2.75) is 38.8 Å². The normalized spacial score (nSPS) is 25.6. The van der Waals surface area contributed by atoms with Crippen molar-refractivity contribution in [3.05, 3.63) is 35.4 Å². The van der Waals surface area contributed by atoms with Gasteiger partial charge in [0.1, 0.15) is 12.2 Å². The molecular weight excluding hydrogens is 260 g/mol. The van der Waals surface area contributed by atoms with Gasteiger partial charge in [0.2, 0.25) is 0 Å². The van der Waals surface area contributed by atoms with E-state index in [2.05, 4.69) is 0 Å². The minimum absolute atomic E-state index is 0.199. The molecule has 0 bridgehead atoms. The molecule has 110 valence electrons. The highest BCUT2D eigenvalue weighted by Gasteiger charge is 2.38. The van der Waals surface area contributed by atoms with E-state index in [0.717, 1.165) is 5.56 Å². The Morgan fingerprint density at radius 2 is 2.10 bits per heavy atom. The van der Waals surface area contributed by atoms with Crippen molar-refractivity contribution in [1.82, 2.24) is 0 Å². The largest absolute Gasteiger partial charge is 0.456 e. The minimum Gasteiger partial charge on any atom is -0.456 e. The molecule has 1 aliphatic heterocycles. The summed E-state index contributed by atoms with van der Waals surface area (Å²) in [6.07, 6.45) is -0.990. The lowest BCUT2D eigenvalue weighted by Gasteiger charge is -2.16. The van der Waals surface area contributed by atoms with Gasteiger partial charge >= 0.3 is 5.97 Å². The molecule has 1 aromatic carbocycles. The molecule has 0 radical (unpaired) electrons. The quantitative estimate of drug-likeness (QED) is 0.831. The number of carbonyl (C=O) groups excluding carboxylic acids is 1. The molecule has 1 saturated heterocycles. The number of carbonyl (C=O) groups is 1. The average molecular weight is 280 g/mol. The van der Waals surface area contributed by atoms with Crippen LogP contribution in [0.25, 0.3) is 0 Å². The van der Waals surface area contributed by atoms with Crippen molar-refractivity contribution in [3.63, 3.8) is 0 Å². The number of aliphatic hydroxyl groups is 1. The highest BCUT2D eigenvalue weighted by Crippen LogP contribution is 2.25. The van der Waals surface area contributed by atoms with E-state index >= 15 is 0 Å².